The Morgan fingerprint density at radius 1 is 1.73 bits per heavy atom. The van der Waals surface area contributed by atoms with E-state index in [0.717, 1.165) is 6.42 Å². The second kappa shape index (κ2) is 3.06. The van der Waals surface area contributed by atoms with Crippen LogP contribution in [0.1, 0.15) is 19.8 Å². The number of amides is 1. The molecule has 0 aromatic rings. The molecule has 0 aliphatic carbocycles. The fraction of sp³-hybridized carbons (Fsp3) is 0.857. The molecule has 1 amide bonds. The lowest BCUT2D eigenvalue weighted by molar-refractivity contribution is -0.131. The monoisotopic (exact) mass is 177 g/mol. The van der Waals surface area contributed by atoms with Crippen LogP contribution in [-0.4, -0.2) is 29.3 Å². The topological polar surface area (TPSA) is 20.3 Å². The summed E-state index contributed by atoms with van der Waals surface area (Å²) < 4.78 is 13.3. The Balaban J connectivity index is 2.53. The Labute approximate surface area is 68.3 Å². The Bertz CT molecular complexity index is 172. The van der Waals surface area contributed by atoms with Gasteiger partial charge in [-0.3, -0.25) is 4.79 Å². The van der Waals surface area contributed by atoms with Crippen LogP contribution < -0.4 is 0 Å². The van der Waals surface area contributed by atoms with Crippen LogP contribution in [-0.2, 0) is 4.79 Å². The van der Waals surface area contributed by atoms with Crippen molar-refractivity contribution in [3.8, 4) is 0 Å². The van der Waals surface area contributed by atoms with E-state index in [1.54, 1.807) is 4.90 Å². The van der Waals surface area contributed by atoms with Crippen molar-refractivity contribution in [2.45, 2.75) is 25.2 Å². The van der Waals surface area contributed by atoms with E-state index < -0.39 is 5.41 Å². The van der Waals surface area contributed by atoms with Crippen molar-refractivity contribution in [3.63, 3.8) is 0 Å². The highest BCUT2D eigenvalue weighted by Gasteiger charge is 2.31. The summed E-state index contributed by atoms with van der Waals surface area (Å²) in [5.74, 6) is -0.0332. The van der Waals surface area contributed by atoms with Crippen molar-refractivity contribution in [3.05, 3.63) is 0 Å². The summed E-state index contributed by atoms with van der Waals surface area (Å²) in [6.45, 7) is 2.41. The van der Waals surface area contributed by atoms with Gasteiger partial charge in [0.1, 0.15) is 5.41 Å². The van der Waals surface area contributed by atoms with E-state index in [1.807, 2.05) is 0 Å². The molecule has 2 nitrogen and oxygen atoms in total. The fourth-order valence-corrected chi connectivity index (χ4v) is 1.73. The van der Waals surface area contributed by atoms with Crippen LogP contribution in [0, 0.1) is 0 Å². The van der Waals surface area contributed by atoms with Gasteiger partial charge >= 0.3 is 0 Å². The fourth-order valence-electron chi connectivity index (χ4n) is 1.31. The summed E-state index contributed by atoms with van der Waals surface area (Å²) in [5, 5.41) is -1.25. The van der Waals surface area contributed by atoms with E-state index in [0.29, 0.717) is 13.0 Å². The number of nitrogens with zero attached hydrogens (tertiary/aromatic N) is 1. The minimum Gasteiger partial charge on any atom is -0.339 e. The number of hydrogen-bond acceptors (Lipinski definition) is 1. The predicted molar refractivity (Wildman–Crippen MR) is 45.0 cm³/mol. The average molecular weight is 177 g/mol. The van der Waals surface area contributed by atoms with Gasteiger partial charge in [0, 0.05) is 13.5 Å². The van der Waals surface area contributed by atoms with Crippen LogP contribution in [0.2, 0.25) is 0 Å². The Hall–Kier alpha value is -0.170. The number of hydrogen-bond donors (Lipinski definition) is 0. The number of halogens is 1. The molecule has 1 aliphatic heterocycles. The normalized spacial score (nSPS) is 32.1. The highest BCUT2D eigenvalue weighted by molar-refractivity contribution is 7.18. The van der Waals surface area contributed by atoms with Crippen LogP contribution in [0.25, 0.3) is 0 Å². The van der Waals surface area contributed by atoms with Gasteiger partial charge in [0.25, 0.3) is 0 Å². The molecule has 0 N–H and O–H groups in total. The first-order valence-electron chi connectivity index (χ1n) is 3.74. The number of carbonyl (C=O) groups is 1. The first-order valence-corrected chi connectivity index (χ1v) is 4.32. The van der Waals surface area contributed by atoms with Crippen molar-refractivity contribution in [1.29, 1.82) is 0 Å². The van der Waals surface area contributed by atoms with E-state index in [-0.39, 0.29) is 12.5 Å². The van der Waals surface area contributed by atoms with E-state index in [4.69, 9.17) is 0 Å². The van der Waals surface area contributed by atoms with Gasteiger partial charge in [-0.1, -0.05) is 9.24 Å². The molecule has 0 aromatic carbocycles. The maximum absolute atomic E-state index is 13.3. The molecule has 1 heterocycles. The molecule has 1 aliphatic rings. The van der Waals surface area contributed by atoms with Gasteiger partial charge in [-0.25, -0.2) is 4.39 Å². The molecular formula is C7H13FNOP. The van der Waals surface area contributed by atoms with Gasteiger partial charge in [-0.2, -0.15) is 0 Å². The van der Waals surface area contributed by atoms with Crippen molar-refractivity contribution in [1.82, 2.24) is 4.90 Å². The first-order chi connectivity index (χ1) is 5.01. The lowest BCUT2D eigenvalue weighted by Crippen LogP contribution is -2.43. The maximum Gasteiger partial charge on any atom is 0.219 e. The zero-order chi connectivity index (χ0) is 8.48. The summed E-state index contributed by atoms with van der Waals surface area (Å²) in [7, 11) is 2.17. The number of piperidine rings is 1. The molecule has 2 unspecified atom stereocenters. The third kappa shape index (κ3) is 2.41. The Morgan fingerprint density at radius 2 is 2.36 bits per heavy atom. The molecule has 0 aromatic heterocycles. The second-order valence-corrected chi connectivity index (χ2v) is 4.11. The highest BCUT2D eigenvalue weighted by Crippen LogP contribution is 2.31. The highest BCUT2D eigenvalue weighted by atomic mass is 31.0. The zero-order valence-electron chi connectivity index (χ0n) is 6.64. The summed E-state index contributed by atoms with van der Waals surface area (Å²) >= 11 is 0. The number of carbonyl (C=O) groups excluding carboxylic acids is 1. The van der Waals surface area contributed by atoms with Crippen LogP contribution in [0.15, 0.2) is 0 Å². The van der Waals surface area contributed by atoms with Crippen LogP contribution >= 0.6 is 9.24 Å². The molecule has 0 bridgehead atoms. The van der Waals surface area contributed by atoms with Crippen molar-refractivity contribution in [2.75, 3.05) is 13.1 Å². The molecule has 1 fully saturated rings. The molecule has 1 saturated heterocycles. The molecule has 4 heteroatoms. The molecule has 64 valence electrons. The van der Waals surface area contributed by atoms with E-state index in [2.05, 4.69) is 9.24 Å². The van der Waals surface area contributed by atoms with Gasteiger partial charge in [0.2, 0.25) is 5.91 Å². The smallest absolute Gasteiger partial charge is 0.219 e. The van der Waals surface area contributed by atoms with Crippen LogP contribution in [0.5, 0.6) is 0 Å². The Morgan fingerprint density at radius 3 is 2.73 bits per heavy atom. The van der Waals surface area contributed by atoms with Crippen LogP contribution in [0.3, 0.4) is 0 Å². The summed E-state index contributed by atoms with van der Waals surface area (Å²) in [6, 6.07) is 0. The quantitative estimate of drug-likeness (QED) is 0.508. The second-order valence-electron chi connectivity index (χ2n) is 3.08. The average Bonchev–Trinajstić information content (AvgIpc) is 1.85. The van der Waals surface area contributed by atoms with Gasteiger partial charge in [-0.15, -0.1) is 0 Å². The zero-order valence-corrected chi connectivity index (χ0v) is 7.79. The van der Waals surface area contributed by atoms with Crippen molar-refractivity contribution < 1.29 is 9.18 Å². The predicted octanol–water partition coefficient (Wildman–Crippen LogP) is 1.17. The summed E-state index contributed by atoms with van der Waals surface area (Å²) in [4.78, 5) is 12.4. The summed E-state index contributed by atoms with van der Waals surface area (Å²) in [6.07, 6.45) is 1.31. The van der Waals surface area contributed by atoms with E-state index in [1.165, 1.54) is 6.92 Å². The van der Waals surface area contributed by atoms with Gasteiger partial charge in [0.15, 0.2) is 0 Å². The SMILES string of the molecule is CC(=O)N1CCCC(F)(P)C1. The summed E-state index contributed by atoms with van der Waals surface area (Å²) in [5.41, 5.74) is 0. The lowest BCUT2D eigenvalue weighted by atomic mass is 10.1. The maximum atomic E-state index is 13.3. The molecule has 1 rings (SSSR count). The third-order valence-corrected chi connectivity index (χ3v) is 2.39. The standard InChI is InChI=1S/C7H13FNOP/c1-6(10)9-4-2-3-7(8,11)5-9/h2-5,11H2,1H3. The molecule has 2 atom stereocenters. The molecule has 0 radical (unpaired) electrons. The van der Waals surface area contributed by atoms with Crippen LogP contribution in [0.4, 0.5) is 4.39 Å². The van der Waals surface area contributed by atoms with Crippen molar-refractivity contribution in [2.24, 2.45) is 0 Å². The largest absolute Gasteiger partial charge is 0.339 e. The molecule has 0 saturated carbocycles. The van der Waals surface area contributed by atoms with Gasteiger partial charge in [0.05, 0.1) is 6.54 Å². The molecular weight excluding hydrogens is 164 g/mol. The first kappa shape index (κ1) is 8.92. The Kier molecular flexibility index (Phi) is 2.48. The van der Waals surface area contributed by atoms with E-state index in [9.17, 15) is 9.18 Å². The van der Waals surface area contributed by atoms with Gasteiger partial charge in [-0.05, 0) is 12.8 Å². The minimum absolute atomic E-state index is 0.0332. The lowest BCUT2D eigenvalue weighted by Gasteiger charge is -2.34. The molecule has 11 heavy (non-hydrogen) atoms. The molecule has 0 spiro atoms. The number of alkyl halides is 1. The third-order valence-electron chi connectivity index (χ3n) is 1.92. The minimum atomic E-state index is -1.25. The van der Waals surface area contributed by atoms with Crippen molar-refractivity contribution >= 4 is 15.1 Å². The van der Waals surface area contributed by atoms with E-state index >= 15 is 0 Å². The number of rotatable bonds is 0. The number of likely N-dealkylation sites (tertiary alicyclic amines) is 1. The van der Waals surface area contributed by atoms with Gasteiger partial charge < -0.3 is 4.90 Å².